The quantitative estimate of drug-likeness (QED) is 0.473. The van der Waals surface area contributed by atoms with Crippen molar-refractivity contribution >= 4 is 28.9 Å². The third kappa shape index (κ3) is 3.33. The van der Waals surface area contributed by atoms with Gasteiger partial charge in [-0.15, -0.1) is 0 Å². The number of nitrogens with zero attached hydrogens (tertiary/aromatic N) is 2. The van der Waals surface area contributed by atoms with Crippen molar-refractivity contribution in [3.05, 3.63) is 48.3 Å². The normalized spacial score (nSPS) is 11.3. The number of benzene rings is 1. The molecule has 0 bridgehead atoms. The van der Waals surface area contributed by atoms with Crippen LogP contribution in [0.25, 0.3) is 0 Å². The molecule has 1 amide bonds. The van der Waals surface area contributed by atoms with Crippen LogP contribution in [-0.2, 0) is 0 Å². The van der Waals surface area contributed by atoms with Gasteiger partial charge in [-0.25, -0.2) is 9.97 Å². The van der Waals surface area contributed by atoms with E-state index >= 15 is 0 Å². The van der Waals surface area contributed by atoms with Gasteiger partial charge in [-0.05, 0) is 24.3 Å². The minimum atomic E-state index is -0.294. The Morgan fingerprint density at radius 2 is 1.93 bits per heavy atom. The molecule has 29 heavy (non-hydrogen) atoms. The summed E-state index contributed by atoms with van der Waals surface area (Å²) >= 11 is 0. The molecule has 0 atom stereocenters. The van der Waals surface area contributed by atoms with Crippen LogP contribution in [0.2, 0.25) is 0 Å². The van der Waals surface area contributed by atoms with Crippen molar-refractivity contribution in [3.8, 4) is 23.0 Å². The summed E-state index contributed by atoms with van der Waals surface area (Å²) in [6, 6.07) is 8.96. The molecule has 0 radical (unpaired) electrons. The fourth-order valence-electron chi connectivity index (χ4n) is 2.93. The highest BCUT2D eigenvalue weighted by Crippen LogP contribution is 2.50. The fourth-order valence-corrected chi connectivity index (χ4v) is 2.93. The van der Waals surface area contributed by atoms with E-state index in [0.717, 1.165) is 0 Å². The lowest BCUT2D eigenvalue weighted by molar-refractivity contribution is 0.0963. The molecule has 3 heterocycles. The lowest BCUT2D eigenvalue weighted by Crippen LogP contribution is -2.21. The van der Waals surface area contributed by atoms with Crippen molar-refractivity contribution in [2.45, 2.75) is 0 Å². The second-order valence-electron chi connectivity index (χ2n) is 6.07. The van der Waals surface area contributed by atoms with E-state index in [1.807, 2.05) is 6.07 Å². The lowest BCUT2D eigenvalue weighted by atomic mass is 10.1. The number of anilines is 4. The number of amides is 1. The number of hydrogen-bond donors (Lipinski definition) is 3. The van der Waals surface area contributed by atoms with Gasteiger partial charge in [0.1, 0.15) is 28.7 Å². The number of rotatable bonds is 5. The van der Waals surface area contributed by atoms with Crippen molar-refractivity contribution in [3.63, 3.8) is 0 Å². The number of carbonyl (C=O) groups is 1. The van der Waals surface area contributed by atoms with Crippen LogP contribution in [-0.4, -0.2) is 37.1 Å². The summed E-state index contributed by atoms with van der Waals surface area (Å²) in [6.45, 7) is 0. The van der Waals surface area contributed by atoms with E-state index in [4.69, 9.17) is 14.2 Å². The molecule has 0 spiro atoms. The number of carbonyl (C=O) groups excluding carboxylic acids is 1. The molecule has 3 aromatic rings. The molecule has 0 fully saturated rings. The Bertz CT molecular complexity index is 1070. The molecule has 148 valence electrons. The van der Waals surface area contributed by atoms with Gasteiger partial charge in [-0.3, -0.25) is 4.79 Å². The topological polar surface area (TPSA) is 107 Å². The van der Waals surface area contributed by atoms with E-state index < -0.39 is 0 Å². The molecule has 1 aromatic carbocycles. The molecule has 3 N–H and O–H groups in total. The Morgan fingerprint density at radius 1 is 1.07 bits per heavy atom. The molecular formula is C20H19N5O4. The van der Waals surface area contributed by atoms with E-state index in [0.29, 0.717) is 51.6 Å². The molecule has 0 saturated heterocycles. The number of para-hydroxylation sites is 1. The molecule has 2 aromatic heterocycles. The van der Waals surface area contributed by atoms with E-state index in [2.05, 4.69) is 25.9 Å². The number of hydrogen-bond acceptors (Lipinski definition) is 8. The molecule has 4 rings (SSSR count). The number of pyridine rings is 2. The van der Waals surface area contributed by atoms with Crippen molar-refractivity contribution in [1.82, 2.24) is 15.3 Å². The number of ether oxygens (including phenoxy) is 3. The molecule has 1 aliphatic rings. The third-order valence-electron chi connectivity index (χ3n) is 4.39. The zero-order chi connectivity index (χ0) is 20.4. The predicted molar refractivity (Wildman–Crippen MR) is 108 cm³/mol. The van der Waals surface area contributed by atoms with Crippen LogP contribution in [0.4, 0.5) is 23.0 Å². The first kappa shape index (κ1) is 18.4. The third-order valence-corrected chi connectivity index (χ3v) is 4.39. The van der Waals surface area contributed by atoms with E-state index in [9.17, 15) is 4.79 Å². The highest BCUT2D eigenvalue weighted by Gasteiger charge is 2.28. The maximum atomic E-state index is 12.4. The van der Waals surface area contributed by atoms with E-state index in [-0.39, 0.29) is 5.91 Å². The Kier molecular flexibility index (Phi) is 4.78. The largest absolute Gasteiger partial charge is 0.495 e. The Labute approximate surface area is 167 Å². The van der Waals surface area contributed by atoms with Crippen LogP contribution in [0.1, 0.15) is 10.4 Å². The van der Waals surface area contributed by atoms with Crippen LogP contribution >= 0.6 is 0 Å². The minimum absolute atomic E-state index is 0.294. The maximum Gasteiger partial charge on any atom is 0.254 e. The maximum absolute atomic E-state index is 12.4. The molecule has 9 heteroatoms. The van der Waals surface area contributed by atoms with E-state index in [1.165, 1.54) is 6.20 Å². The van der Waals surface area contributed by atoms with Gasteiger partial charge in [0.15, 0.2) is 17.3 Å². The van der Waals surface area contributed by atoms with Gasteiger partial charge < -0.3 is 30.2 Å². The van der Waals surface area contributed by atoms with Gasteiger partial charge >= 0.3 is 0 Å². The van der Waals surface area contributed by atoms with Crippen molar-refractivity contribution in [2.75, 3.05) is 31.9 Å². The second kappa shape index (κ2) is 7.55. The monoisotopic (exact) mass is 393 g/mol. The molecule has 9 nitrogen and oxygen atoms in total. The summed E-state index contributed by atoms with van der Waals surface area (Å²) in [4.78, 5) is 21.0. The first-order valence-corrected chi connectivity index (χ1v) is 8.78. The average Bonchev–Trinajstić information content (AvgIpc) is 2.77. The molecule has 0 unspecified atom stereocenters. The van der Waals surface area contributed by atoms with Gasteiger partial charge in [-0.1, -0.05) is 6.07 Å². The summed E-state index contributed by atoms with van der Waals surface area (Å²) in [5.74, 6) is 2.83. The summed E-state index contributed by atoms with van der Waals surface area (Å²) in [5.41, 5.74) is 1.45. The van der Waals surface area contributed by atoms with Gasteiger partial charge in [0, 0.05) is 13.2 Å². The molecule has 1 aliphatic heterocycles. The van der Waals surface area contributed by atoms with Crippen LogP contribution in [0.15, 0.2) is 42.7 Å². The number of methoxy groups -OCH3 is 2. The lowest BCUT2D eigenvalue weighted by Gasteiger charge is -2.26. The molecule has 0 saturated carbocycles. The Morgan fingerprint density at radius 3 is 2.62 bits per heavy atom. The summed E-state index contributed by atoms with van der Waals surface area (Å²) < 4.78 is 16.6. The highest BCUT2D eigenvalue weighted by atomic mass is 16.5. The van der Waals surface area contributed by atoms with Crippen molar-refractivity contribution in [2.24, 2.45) is 0 Å². The SMILES string of the molecule is CNC(=O)c1cnc(Nc2ccc(OC)cn2)c2c1Nc1c(OC)cccc1O2. The predicted octanol–water partition coefficient (Wildman–Crippen LogP) is 3.45. The molecule has 0 aliphatic carbocycles. The van der Waals surface area contributed by atoms with Gasteiger partial charge in [0.05, 0.1) is 26.0 Å². The highest BCUT2D eigenvalue weighted by molar-refractivity contribution is 6.03. The Hall–Kier alpha value is -4.01. The van der Waals surface area contributed by atoms with Gasteiger partial charge in [0.2, 0.25) is 0 Å². The van der Waals surface area contributed by atoms with Crippen LogP contribution in [0.3, 0.4) is 0 Å². The average molecular weight is 393 g/mol. The van der Waals surface area contributed by atoms with Gasteiger partial charge in [-0.2, -0.15) is 0 Å². The first-order chi connectivity index (χ1) is 14.1. The van der Waals surface area contributed by atoms with Crippen molar-refractivity contribution in [1.29, 1.82) is 0 Å². The number of aromatic nitrogens is 2. The summed E-state index contributed by atoms with van der Waals surface area (Å²) in [7, 11) is 4.70. The standard InChI is InChI=1S/C20H19N5O4/c1-21-20(26)12-10-23-19(24-15-8-7-11(27-2)9-22-15)18-16(12)25-17-13(28-3)5-4-6-14(17)29-18/h4-10,25H,1-3H3,(H,21,26)(H,22,23,24). The van der Waals surface area contributed by atoms with Crippen LogP contribution in [0, 0.1) is 0 Å². The fraction of sp³-hybridized carbons (Fsp3) is 0.150. The zero-order valence-electron chi connectivity index (χ0n) is 16.1. The zero-order valence-corrected chi connectivity index (χ0v) is 16.1. The summed E-state index contributed by atoms with van der Waals surface area (Å²) in [5, 5.41) is 8.99. The summed E-state index contributed by atoms with van der Waals surface area (Å²) in [6.07, 6.45) is 3.06. The van der Waals surface area contributed by atoms with Crippen LogP contribution in [0.5, 0.6) is 23.0 Å². The smallest absolute Gasteiger partial charge is 0.254 e. The minimum Gasteiger partial charge on any atom is -0.495 e. The second-order valence-corrected chi connectivity index (χ2v) is 6.07. The number of nitrogens with one attached hydrogen (secondary N) is 3. The van der Waals surface area contributed by atoms with Crippen molar-refractivity contribution < 1.29 is 19.0 Å². The Balaban J connectivity index is 1.78. The van der Waals surface area contributed by atoms with E-state index in [1.54, 1.807) is 51.7 Å². The number of fused-ring (bicyclic) bond motifs is 2. The van der Waals surface area contributed by atoms with Gasteiger partial charge in [0.25, 0.3) is 5.91 Å². The molecular weight excluding hydrogens is 374 g/mol. The van der Waals surface area contributed by atoms with Crippen LogP contribution < -0.4 is 30.2 Å². The first-order valence-electron chi connectivity index (χ1n) is 8.78.